The Morgan fingerprint density at radius 1 is 1.21 bits per heavy atom. The molecule has 1 saturated carbocycles. The zero-order valence-corrected chi connectivity index (χ0v) is 14.7. The van der Waals surface area contributed by atoms with Gasteiger partial charge in [-0.3, -0.25) is 15.0 Å². The number of hydrogen-bond acceptors (Lipinski definition) is 4. The number of rotatable bonds is 4. The number of hydrazine groups is 1. The zero-order valence-electron chi connectivity index (χ0n) is 13.1. The van der Waals surface area contributed by atoms with E-state index < -0.39 is 17.5 Å². The van der Waals surface area contributed by atoms with Crippen molar-refractivity contribution < 1.29 is 14.4 Å². The lowest BCUT2D eigenvalue weighted by Crippen LogP contribution is -2.51. The molecule has 128 valence electrons. The molecule has 3 N–H and O–H groups in total. The van der Waals surface area contributed by atoms with Gasteiger partial charge in [0.05, 0.1) is 6.54 Å². The number of nitrogens with zero attached hydrogens (tertiary/aromatic N) is 1. The van der Waals surface area contributed by atoms with Gasteiger partial charge in [-0.25, -0.2) is 4.79 Å². The summed E-state index contributed by atoms with van der Waals surface area (Å²) in [6.45, 7) is -0.0489. The number of para-hydroxylation sites is 1. The van der Waals surface area contributed by atoms with Crippen LogP contribution in [0.3, 0.4) is 0 Å². The number of halogens is 1. The average Bonchev–Trinajstić information content (AvgIpc) is 2.79. The molecule has 0 unspecified atom stereocenters. The number of amides is 4. The van der Waals surface area contributed by atoms with Crippen molar-refractivity contribution in [2.45, 2.75) is 37.6 Å². The summed E-state index contributed by atoms with van der Waals surface area (Å²) in [7, 11) is 0. The Kier molecular flexibility index (Phi) is 4.75. The summed E-state index contributed by atoms with van der Waals surface area (Å²) >= 11 is 3.38. The summed E-state index contributed by atoms with van der Waals surface area (Å²) in [6, 6.07) is 6.82. The number of anilines is 1. The van der Waals surface area contributed by atoms with Crippen molar-refractivity contribution in [2.75, 3.05) is 11.9 Å². The third-order valence-corrected chi connectivity index (χ3v) is 5.11. The average molecular weight is 395 g/mol. The van der Waals surface area contributed by atoms with Gasteiger partial charge in [0.1, 0.15) is 5.54 Å². The molecule has 2 aliphatic rings. The van der Waals surface area contributed by atoms with Crippen molar-refractivity contribution in [2.24, 2.45) is 0 Å². The van der Waals surface area contributed by atoms with Crippen LogP contribution in [0.15, 0.2) is 28.7 Å². The normalized spacial score (nSPS) is 19.3. The minimum absolute atomic E-state index is 0.0489. The summed E-state index contributed by atoms with van der Waals surface area (Å²) in [5.74, 6) is -0.816. The van der Waals surface area contributed by atoms with Crippen LogP contribution in [0, 0.1) is 0 Å². The van der Waals surface area contributed by atoms with Gasteiger partial charge in [-0.15, -0.1) is 0 Å². The van der Waals surface area contributed by atoms with Gasteiger partial charge in [0, 0.05) is 10.2 Å². The highest BCUT2D eigenvalue weighted by Gasteiger charge is 2.52. The molecule has 1 saturated heterocycles. The van der Waals surface area contributed by atoms with Gasteiger partial charge >= 0.3 is 6.03 Å². The van der Waals surface area contributed by atoms with Crippen LogP contribution in [-0.2, 0) is 9.59 Å². The first-order valence-electron chi connectivity index (χ1n) is 7.96. The van der Waals surface area contributed by atoms with E-state index in [0.717, 1.165) is 34.4 Å². The van der Waals surface area contributed by atoms with Crippen molar-refractivity contribution in [3.63, 3.8) is 0 Å². The number of carbonyl (C=O) groups excluding carboxylic acids is 3. The van der Waals surface area contributed by atoms with E-state index in [4.69, 9.17) is 0 Å². The van der Waals surface area contributed by atoms with E-state index in [2.05, 4.69) is 32.0 Å². The van der Waals surface area contributed by atoms with E-state index in [1.54, 1.807) is 0 Å². The first-order valence-corrected chi connectivity index (χ1v) is 8.76. The fourth-order valence-corrected chi connectivity index (χ4v) is 3.59. The van der Waals surface area contributed by atoms with Gasteiger partial charge in [0.2, 0.25) is 0 Å². The monoisotopic (exact) mass is 394 g/mol. The van der Waals surface area contributed by atoms with Crippen molar-refractivity contribution in [1.82, 2.24) is 15.8 Å². The molecule has 0 radical (unpaired) electrons. The van der Waals surface area contributed by atoms with Crippen LogP contribution in [0.2, 0.25) is 0 Å². The minimum Gasteiger partial charge on any atom is -0.375 e. The van der Waals surface area contributed by atoms with Gasteiger partial charge in [-0.1, -0.05) is 31.4 Å². The molecule has 1 aliphatic carbocycles. The van der Waals surface area contributed by atoms with Gasteiger partial charge in [0.25, 0.3) is 11.8 Å². The van der Waals surface area contributed by atoms with Gasteiger partial charge < -0.3 is 10.6 Å². The third-order valence-electron chi connectivity index (χ3n) is 4.42. The van der Waals surface area contributed by atoms with Crippen LogP contribution in [0.25, 0.3) is 0 Å². The van der Waals surface area contributed by atoms with E-state index in [0.29, 0.717) is 12.8 Å². The van der Waals surface area contributed by atoms with Crippen molar-refractivity contribution in [3.05, 3.63) is 28.7 Å². The molecule has 7 nitrogen and oxygen atoms in total. The highest BCUT2D eigenvalue weighted by molar-refractivity contribution is 9.10. The highest BCUT2D eigenvalue weighted by atomic mass is 79.9. The van der Waals surface area contributed by atoms with Gasteiger partial charge in [0.15, 0.2) is 0 Å². The first kappa shape index (κ1) is 16.8. The van der Waals surface area contributed by atoms with Crippen molar-refractivity contribution in [3.8, 4) is 0 Å². The number of hydrogen-bond donors (Lipinski definition) is 3. The molecule has 24 heavy (non-hydrogen) atoms. The second-order valence-electron chi connectivity index (χ2n) is 6.08. The van der Waals surface area contributed by atoms with Gasteiger partial charge in [-0.05, 0) is 40.9 Å². The van der Waals surface area contributed by atoms with Crippen LogP contribution in [-0.4, -0.2) is 34.9 Å². The van der Waals surface area contributed by atoms with Crippen LogP contribution < -0.4 is 16.1 Å². The molecule has 8 heteroatoms. The molecular formula is C16H19BrN4O3. The molecule has 2 fully saturated rings. The molecule has 3 rings (SSSR count). The Bertz CT molecular complexity index is 673. The number of carbonyl (C=O) groups is 3. The predicted octanol–water partition coefficient (Wildman–Crippen LogP) is 2.15. The molecule has 1 spiro atoms. The molecule has 1 aliphatic heterocycles. The lowest BCUT2D eigenvalue weighted by Gasteiger charge is -2.30. The Morgan fingerprint density at radius 2 is 1.92 bits per heavy atom. The third kappa shape index (κ3) is 3.24. The molecule has 1 heterocycles. The second kappa shape index (κ2) is 6.80. The van der Waals surface area contributed by atoms with Crippen LogP contribution in [0.5, 0.6) is 0 Å². The summed E-state index contributed by atoms with van der Waals surface area (Å²) < 4.78 is 0.828. The molecule has 1 aromatic rings. The van der Waals surface area contributed by atoms with Crippen molar-refractivity contribution in [1.29, 1.82) is 0 Å². The molecule has 0 bridgehead atoms. The number of nitrogens with one attached hydrogen (secondary N) is 3. The quantitative estimate of drug-likeness (QED) is 0.682. The summed E-state index contributed by atoms with van der Waals surface area (Å²) in [5, 5.41) is 6.53. The summed E-state index contributed by atoms with van der Waals surface area (Å²) in [5.41, 5.74) is 2.32. The van der Waals surface area contributed by atoms with Crippen LogP contribution in [0.1, 0.15) is 32.1 Å². The Morgan fingerprint density at radius 3 is 2.62 bits per heavy atom. The summed E-state index contributed by atoms with van der Waals surface area (Å²) in [4.78, 5) is 36.7. The van der Waals surface area contributed by atoms with E-state index in [-0.39, 0.29) is 12.5 Å². The fourth-order valence-electron chi connectivity index (χ4n) is 3.16. The van der Waals surface area contributed by atoms with E-state index in [1.165, 1.54) is 0 Å². The number of urea groups is 1. The Labute approximate surface area is 148 Å². The molecule has 1 aromatic carbocycles. The zero-order chi connectivity index (χ0) is 17.2. The fraction of sp³-hybridized carbons (Fsp3) is 0.438. The highest BCUT2D eigenvalue weighted by Crippen LogP contribution is 2.32. The minimum atomic E-state index is -0.835. The van der Waals surface area contributed by atoms with Crippen molar-refractivity contribution >= 4 is 39.5 Å². The Hall–Kier alpha value is -2.09. The largest absolute Gasteiger partial charge is 0.375 e. The summed E-state index contributed by atoms with van der Waals surface area (Å²) in [6.07, 6.45) is 4.11. The number of imide groups is 1. The number of benzene rings is 1. The maximum atomic E-state index is 12.6. The molecule has 0 atom stereocenters. The SMILES string of the molecule is O=C(CNc1ccccc1Br)NN1C(=O)NC2(CCCCC2)C1=O. The molecule has 0 aromatic heterocycles. The van der Waals surface area contributed by atoms with Crippen LogP contribution >= 0.6 is 15.9 Å². The predicted molar refractivity (Wildman–Crippen MR) is 92.0 cm³/mol. The topological polar surface area (TPSA) is 90.5 Å². The first-order chi connectivity index (χ1) is 11.5. The smallest absolute Gasteiger partial charge is 0.344 e. The van der Waals surface area contributed by atoms with Gasteiger partial charge in [-0.2, -0.15) is 5.01 Å². The maximum absolute atomic E-state index is 12.6. The second-order valence-corrected chi connectivity index (χ2v) is 6.94. The Balaban J connectivity index is 1.59. The standard InChI is InChI=1S/C16H19BrN4O3/c17-11-6-2-3-7-12(11)18-10-13(22)20-21-14(23)16(19-15(21)24)8-4-1-5-9-16/h2-3,6-7,18H,1,4-5,8-10H2,(H,19,24)(H,20,22). The lowest BCUT2D eigenvalue weighted by atomic mass is 9.82. The van der Waals surface area contributed by atoms with E-state index in [1.807, 2.05) is 24.3 Å². The lowest BCUT2D eigenvalue weighted by molar-refractivity contribution is -0.139. The molecule has 4 amide bonds. The maximum Gasteiger partial charge on any atom is 0.344 e. The molecular weight excluding hydrogens is 376 g/mol. The van der Waals surface area contributed by atoms with E-state index in [9.17, 15) is 14.4 Å². The van der Waals surface area contributed by atoms with E-state index >= 15 is 0 Å². The van der Waals surface area contributed by atoms with Crippen LogP contribution in [0.4, 0.5) is 10.5 Å².